The zero-order chi connectivity index (χ0) is 31.4. The number of aromatic nitrogens is 5. The first-order valence-electron chi connectivity index (χ1n) is 13.9. The fraction of sp³-hybridized carbons (Fsp3) is 0.345. The second kappa shape index (κ2) is 12.9. The van der Waals surface area contributed by atoms with Crippen LogP contribution in [0.5, 0.6) is 0 Å². The smallest absolute Gasteiger partial charge is 0.369 e. The van der Waals surface area contributed by atoms with Gasteiger partial charge in [-0.15, -0.1) is 0 Å². The molecule has 1 aliphatic heterocycles. The van der Waals surface area contributed by atoms with Gasteiger partial charge in [0.2, 0.25) is 5.95 Å². The standard InChI is InChI=1S/C29H33F3N10O2/c1-18(2)40-7-9-41(10-8-40)23-13-21(29(30,31)32)12-22(14-23)37-27(43)20-6-5-19(3)24(11-20)38-28-35-17-36-42(28)26-15-25(39-44-4)33-16-34-26/h5-6,11-18H,7-10H2,1-4H3,(H,37,43)(H,33,34,39)(H,35,36,38). The molecule has 0 aliphatic carbocycles. The molecule has 0 radical (unpaired) electrons. The number of anilines is 5. The van der Waals surface area contributed by atoms with Crippen LogP contribution in [0.15, 0.2) is 55.1 Å². The van der Waals surface area contributed by atoms with Crippen LogP contribution in [-0.4, -0.2) is 74.9 Å². The van der Waals surface area contributed by atoms with Crippen LogP contribution in [0.1, 0.15) is 35.3 Å². The molecule has 1 amide bonds. The van der Waals surface area contributed by atoms with Gasteiger partial charge in [0.1, 0.15) is 12.7 Å². The van der Waals surface area contributed by atoms with Crippen molar-refractivity contribution in [3.8, 4) is 5.82 Å². The first kappa shape index (κ1) is 30.7. The second-order valence-electron chi connectivity index (χ2n) is 10.6. The van der Waals surface area contributed by atoms with Crippen LogP contribution in [0.25, 0.3) is 5.82 Å². The number of alkyl halides is 3. The van der Waals surface area contributed by atoms with Gasteiger partial charge in [0, 0.05) is 60.9 Å². The molecule has 0 bridgehead atoms. The van der Waals surface area contributed by atoms with Crippen LogP contribution in [0, 0.1) is 6.92 Å². The third kappa shape index (κ3) is 7.06. The Labute approximate surface area is 252 Å². The van der Waals surface area contributed by atoms with Gasteiger partial charge < -0.3 is 15.5 Å². The lowest BCUT2D eigenvalue weighted by Gasteiger charge is -2.38. The lowest BCUT2D eigenvalue weighted by molar-refractivity contribution is -0.137. The molecule has 3 N–H and O–H groups in total. The molecular formula is C29H33F3N10O2. The normalized spacial score (nSPS) is 14.1. The summed E-state index contributed by atoms with van der Waals surface area (Å²) in [4.78, 5) is 34.9. The highest BCUT2D eigenvalue weighted by molar-refractivity contribution is 6.05. The van der Waals surface area contributed by atoms with E-state index in [1.807, 2.05) is 11.8 Å². The number of hydrogen-bond donors (Lipinski definition) is 3. The van der Waals surface area contributed by atoms with Crippen molar-refractivity contribution in [3.05, 3.63) is 71.8 Å². The number of nitrogens with one attached hydrogen (secondary N) is 3. The van der Waals surface area contributed by atoms with Crippen molar-refractivity contribution in [2.24, 2.45) is 0 Å². The summed E-state index contributed by atoms with van der Waals surface area (Å²) >= 11 is 0. The van der Waals surface area contributed by atoms with E-state index >= 15 is 0 Å². The third-order valence-corrected chi connectivity index (χ3v) is 7.28. The summed E-state index contributed by atoms with van der Waals surface area (Å²) in [5.41, 5.74) is 3.85. The summed E-state index contributed by atoms with van der Waals surface area (Å²) in [6.45, 7) is 8.69. The predicted octanol–water partition coefficient (Wildman–Crippen LogP) is 4.88. The van der Waals surface area contributed by atoms with Crippen molar-refractivity contribution in [3.63, 3.8) is 0 Å². The minimum absolute atomic E-state index is 0.0603. The van der Waals surface area contributed by atoms with Gasteiger partial charge in [-0.2, -0.15) is 27.9 Å². The minimum atomic E-state index is -4.57. The molecule has 0 saturated carbocycles. The van der Waals surface area contributed by atoms with Gasteiger partial charge in [-0.25, -0.2) is 15.4 Å². The molecule has 3 heterocycles. The Kier molecular flexibility index (Phi) is 8.96. The van der Waals surface area contributed by atoms with Gasteiger partial charge >= 0.3 is 6.18 Å². The van der Waals surface area contributed by atoms with E-state index < -0.39 is 17.6 Å². The fourth-order valence-electron chi connectivity index (χ4n) is 4.87. The van der Waals surface area contributed by atoms with E-state index in [1.54, 1.807) is 30.3 Å². The maximum absolute atomic E-state index is 13.9. The summed E-state index contributed by atoms with van der Waals surface area (Å²) in [6, 6.07) is 10.6. The number of aryl methyl sites for hydroxylation is 1. The number of amides is 1. The van der Waals surface area contributed by atoms with Crippen molar-refractivity contribution in [1.82, 2.24) is 29.6 Å². The topological polar surface area (TPSA) is 125 Å². The molecule has 0 unspecified atom stereocenters. The van der Waals surface area contributed by atoms with E-state index in [4.69, 9.17) is 4.84 Å². The van der Waals surface area contributed by atoms with E-state index in [0.717, 1.165) is 30.8 Å². The second-order valence-corrected chi connectivity index (χ2v) is 10.6. The van der Waals surface area contributed by atoms with E-state index in [2.05, 4.69) is 54.9 Å². The molecule has 1 fully saturated rings. The van der Waals surface area contributed by atoms with Crippen molar-refractivity contribution in [1.29, 1.82) is 0 Å². The van der Waals surface area contributed by atoms with E-state index in [-0.39, 0.29) is 11.3 Å². The first-order valence-corrected chi connectivity index (χ1v) is 13.9. The molecule has 15 heteroatoms. The van der Waals surface area contributed by atoms with Crippen molar-refractivity contribution >= 4 is 34.7 Å². The molecular weight excluding hydrogens is 577 g/mol. The van der Waals surface area contributed by atoms with Crippen LogP contribution < -0.4 is 21.0 Å². The Morgan fingerprint density at radius 1 is 0.977 bits per heavy atom. The van der Waals surface area contributed by atoms with Gasteiger partial charge in [-0.05, 0) is 56.7 Å². The van der Waals surface area contributed by atoms with E-state index in [9.17, 15) is 18.0 Å². The summed E-state index contributed by atoms with van der Waals surface area (Å²) in [5.74, 6) is 0.560. The zero-order valence-electron chi connectivity index (χ0n) is 24.7. The Hall–Kier alpha value is -4.76. The highest BCUT2D eigenvalue weighted by Crippen LogP contribution is 2.35. The van der Waals surface area contributed by atoms with Crippen LogP contribution >= 0.6 is 0 Å². The Balaban J connectivity index is 1.37. The third-order valence-electron chi connectivity index (χ3n) is 7.28. The number of piperazine rings is 1. The van der Waals surface area contributed by atoms with Crippen LogP contribution in [-0.2, 0) is 11.0 Å². The van der Waals surface area contributed by atoms with Gasteiger partial charge in [0.25, 0.3) is 5.91 Å². The molecule has 0 atom stereocenters. The van der Waals surface area contributed by atoms with Gasteiger partial charge in [-0.3, -0.25) is 14.5 Å². The molecule has 12 nitrogen and oxygen atoms in total. The lowest BCUT2D eigenvalue weighted by atomic mass is 10.1. The van der Waals surface area contributed by atoms with Crippen LogP contribution in [0.4, 0.5) is 42.0 Å². The number of halogens is 3. The fourth-order valence-corrected chi connectivity index (χ4v) is 4.87. The Bertz CT molecular complexity index is 1620. The first-order chi connectivity index (χ1) is 21.0. The maximum Gasteiger partial charge on any atom is 0.416 e. The highest BCUT2D eigenvalue weighted by atomic mass is 19.4. The summed E-state index contributed by atoms with van der Waals surface area (Å²) in [7, 11) is 1.46. The van der Waals surface area contributed by atoms with Crippen molar-refractivity contribution < 1.29 is 22.8 Å². The van der Waals surface area contributed by atoms with Gasteiger partial charge in [0.15, 0.2) is 11.6 Å². The van der Waals surface area contributed by atoms with Crippen LogP contribution in [0.2, 0.25) is 0 Å². The van der Waals surface area contributed by atoms with Gasteiger partial charge in [-0.1, -0.05) is 6.07 Å². The number of nitrogens with zero attached hydrogens (tertiary/aromatic N) is 7. The number of hydrogen-bond acceptors (Lipinski definition) is 10. The monoisotopic (exact) mass is 610 g/mol. The molecule has 2 aromatic carbocycles. The van der Waals surface area contributed by atoms with Crippen molar-refractivity contribution in [2.45, 2.75) is 33.0 Å². The summed E-state index contributed by atoms with van der Waals surface area (Å²) < 4.78 is 43.0. The lowest BCUT2D eigenvalue weighted by Crippen LogP contribution is -2.49. The largest absolute Gasteiger partial charge is 0.416 e. The molecule has 5 rings (SSSR count). The average molecular weight is 611 g/mol. The van der Waals surface area contributed by atoms with Crippen LogP contribution in [0.3, 0.4) is 0 Å². The number of carbonyl (C=O) groups excluding carboxylic acids is 1. The molecule has 1 aliphatic rings. The van der Waals surface area contributed by atoms with Crippen molar-refractivity contribution in [2.75, 3.05) is 54.3 Å². The van der Waals surface area contributed by atoms with E-state index in [1.165, 1.54) is 24.4 Å². The average Bonchev–Trinajstić information content (AvgIpc) is 3.46. The molecule has 4 aromatic rings. The number of rotatable bonds is 9. The number of benzene rings is 2. The summed E-state index contributed by atoms with van der Waals surface area (Å²) in [6.07, 6.45) is -1.90. The molecule has 0 spiro atoms. The maximum atomic E-state index is 13.9. The predicted molar refractivity (Wildman–Crippen MR) is 160 cm³/mol. The highest BCUT2D eigenvalue weighted by Gasteiger charge is 2.32. The molecule has 1 saturated heterocycles. The van der Waals surface area contributed by atoms with Gasteiger partial charge in [0.05, 0.1) is 12.7 Å². The molecule has 232 valence electrons. The molecule has 2 aromatic heterocycles. The molecule has 44 heavy (non-hydrogen) atoms. The Morgan fingerprint density at radius 2 is 1.75 bits per heavy atom. The summed E-state index contributed by atoms with van der Waals surface area (Å²) in [5, 5.41) is 10.0. The SMILES string of the molecule is CONc1cc(-n2ncnc2Nc2cc(C(=O)Nc3cc(N4CCN(C(C)C)CC4)cc(C(F)(F)F)c3)ccc2C)ncn1. The number of carbonyl (C=O) groups is 1. The minimum Gasteiger partial charge on any atom is -0.369 e. The quantitative estimate of drug-likeness (QED) is 0.226. The Morgan fingerprint density at radius 3 is 2.45 bits per heavy atom. The van der Waals surface area contributed by atoms with E-state index in [0.29, 0.717) is 48.1 Å². The zero-order valence-corrected chi connectivity index (χ0v) is 24.7.